The van der Waals surface area contributed by atoms with Crippen LogP contribution in [0.5, 0.6) is 0 Å². The molecule has 0 saturated heterocycles. The minimum Gasteiger partial charge on any atom is -0.351 e. The molecule has 0 atom stereocenters. The Labute approximate surface area is 131 Å². The van der Waals surface area contributed by atoms with Gasteiger partial charge in [-0.25, -0.2) is 4.98 Å². The van der Waals surface area contributed by atoms with Crippen molar-refractivity contribution in [2.75, 3.05) is 11.9 Å². The van der Waals surface area contributed by atoms with E-state index in [0.717, 1.165) is 22.7 Å². The second-order valence-corrected chi connectivity index (χ2v) is 6.50. The predicted molar refractivity (Wildman–Crippen MR) is 79.2 cm³/mol. The Balaban J connectivity index is 1.62. The Morgan fingerprint density at radius 2 is 2.14 bits per heavy atom. The lowest BCUT2D eigenvalue weighted by atomic mass is 10.4. The molecule has 3 rings (SSSR count). The highest BCUT2D eigenvalue weighted by atomic mass is 32.2. The van der Waals surface area contributed by atoms with Crippen molar-refractivity contribution < 1.29 is 13.2 Å². The number of hydrogen-bond acceptors (Lipinski definition) is 6. The maximum absolute atomic E-state index is 12.1. The van der Waals surface area contributed by atoms with Crippen LogP contribution >= 0.6 is 23.1 Å². The summed E-state index contributed by atoms with van der Waals surface area (Å²) in [6.45, 7) is -1.11. The van der Waals surface area contributed by atoms with Gasteiger partial charge in [0.15, 0.2) is 4.34 Å². The molecule has 0 aliphatic carbocycles. The van der Waals surface area contributed by atoms with Crippen molar-refractivity contribution in [2.45, 2.75) is 16.3 Å². The number of hydrogen-bond donors (Lipinski definition) is 1. The number of fused-ring (bicyclic) bond motifs is 1. The molecule has 0 saturated carbocycles. The third-order valence-electron chi connectivity index (χ3n) is 2.70. The fraction of sp³-hybridized carbons (Fsp3) is 0.250. The van der Waals surface area contributed by atoms with E-state index < -0.39 is 12.7 Å². The minimum atomic E-state index is -4.27. The molecule has 3 heterocycles. The van der Waals surface area contributed by atoms with Gasteiger partial charge in [-0.2, -0.15) is 13.2 Å². The summed E-state index contributed by atoms with van der Waals surface area (Å²) in [6.07, 6.45) is -0.689. The minimum absolute atomic E-state index is 0.167. The molecule has 0 bridgehead atoms. The van der Waals surface area contributed by atoms with Crippen molar-refractivity contribution in [1.82, 2.24) is 19.6 Å². The van der Waals surface area contributed by atoms with Gasteiger partial charge in [0.05, 0.1) is 0 Å². The van der Waals surface area contributed by atoms with Crippen LogP contribution in [0.1, 0.15) is 5.69 Å². The number of aromatic nitrogens is 4. The number of rotatable bonds is 5. The van der Waals surface area contributed by atoms with Crippen LogP contribution in [0.25, 0.3) is 5.65 Å². The van der Waals surface area contributed by atoms with Gasteiger partial charge in [0.1, 0.15) is 12.2 Å². The highest BCUT2D eigenvalue weighted by molar-refractivity contribution is 8.00. The standard InChI is InChI=1S/C12H10F3N5S2/c13-12(14,15)7-17-10-18-19-11(22-10)21-6-8-2-1-3-9-16-4-5-20(8)9/h1-5H,6-7H2,(H,17,18). The first-order chi connectivity index (χ1) is 10.5. The zero-order valence-corrected chi connectivity index (χ0v) is 12.7. The van der Waals surface area contributed by atoms with E-state index >= 15 is 0 Å². The van der Waals surface area contributed by atoms with Crippen LogP contribution in [0.2, 0.25) is 0 Å². The summed E-state index contributed by atoms with van der Waals surface area (Å²) in [5.41, 5.74) is 1.88. The van der Waals surface area contributed by atoms with Crippen molar-refractivity contribution in [3.05, 3.63) is 36.3 Å². The van der Waals surface area contributed by atoms with E-state index in [2.05, 4.69) is 20.5 Å². The number of imidazole rings is 1. The number of anilines is 1. The summed E-state index contributed by atoms with van der Waals surface area (Å²) in [5, 5.41) is 9.97. The molecule has 1 N–H and O–H groups in total. The molecule has 3 aromatic rings. The maximum atomic E-state index is 12.1. The molecule has 0 aliphatic rings. The average Bonchev–Trinajstić information content (AvgIpc) is 3.11. The molecule has 10 heteroatoms. The van der Waals surface area contributed by atoms with Crippen LogP contribution in [0, 0.1) is 0 Å². The molecule has 3 aromatic heterocycles. The van der Waals surface area contributed by atoms with Gasteiger partial charge in [-0.3, -0.25) is 0 Å². The quantitative estimate of drug-likeness (QED) is 0.718. The van der Waals surface area contributed by atoms with Crippen LogP contribution < -0.4 is 5.32 Å². The van der Waals surface area contributed by atoms with E-state index in [1.54, 1.807) is 6.20 Å². The van der Waals surface area contributed by atoms with Crippen LogP contribution in [0.3, 0.4) is 0 Å². The topological polar surface area (TPSA) is 55.1 Å². The van der Waals surface area contributed by atoms with Crippen LogP contribution in [-0.4, -0.2) is 32.3 Å². The maximum Gasteiger partial charge on any atom is 0.405 e. The van der Waals surface area contributed by atoms with Gasteiger partial charge in [0.25, 0.3) is 0 Å². The molecule has 0 amide bonds. The fourth-order valence-electron chi connectivity index (χ4n) is 1.78. The molecule has 0 unspecified atom stereocenters. The number of pyridine rings is 1. The second-order valence-electron chi connectivity index (χ2n) is 4.30. The van der Waals surface area contributed by atoms with Crippen molar-refractivity contribution in [2.24, 2.45) is 0 Å². The molecule has 116 valence electrons. The number of halogens is 3. The summed E-state index contributed by atoms with van der Waals surface area (Å²) < 4.78 is 38.9. The summed E-state index contributed by atoms with van der Waals surface area (Å²) in [6, 6.07) is 5.78. The highest BCUT2D eigenvalue weighted by Gasteiger charge is 2.27. The Hall–Kier alpha value is -1.81. The summed E-state index contributed by atoms with van der Waals surface area (Å²) in [4.78, 5) is 4.20. The van der Waals surface area contributed by atoms with Crippen LogP contribution in [-0.2, 0) is 5.75 Å². The molecule has 0 aromatic carbocycles. The Morgan fingerprint density at radius 3 is 2.95 bits per heavy atom. The van der Waals surface area contributed by atoms with Crippen molar-refractivity contribution in [3.63, 3.8) is 0 Å². The smallest absolute Gasteiger partial charge is 0.351 e. The van der Waals surface area contributed by atoms with Gasteiger partial charge >= 0.3 is 6.18 Å². The Bertz CT molecular complexity index is 767. The van der Waals surface area contributed by atoms with Gasteiger partial charge in [0, 0.05) is 23.8 Å². The van der Waals surface area contributed by atoms with Gasteiger partial charge in [-0.05, 0) is 12.1 Å². The van der Waals surface area contributed by atoms with E-state index in [-0.39, 0.29) is 5.13 Å². The van der Waals surface area contributed by atoms with Gasteiger partial charge < -0.3 is 9.72 Å². The number of thioether (sulfide) groups is 1. The lowest BCUT2D eigenvalue weighted by Crippen LogP contribution is -2.21. The van der Waals surface area contributed by atoms with E-state index in [1.807, 2.05) is 28.8 Å². The molecule has 0 spiro atoms. The number of nitrogens with one attached hydrogen (secondary N) is 1. The lowest BCUT2D eigenvalue weighted by molar-refractivity contribution is -0.115. The molecule has 0 radical (unpaired) electrons. The van der Waals surface area contributed by atoms with Gasteiger partial charge in [-0.15, -0.1) is 10.2 Å². The van der Waals surface area contributed by atoms with Gasteiger partial charge in [-0.1, -0.05) is 29.2 Å². The fourth-order valence-corrected chi connectivity index (χ4v) is 3.50. The van der Waals surface area contributed by atoms with E-state index in [4.69, 9.17) is 0 Å². The molecular formula is C12H10F3N5S2. The molecule has 0 aliphatic heterocycles. The lowest BCUT2D eigenvalue weighted by Gasteiger charge is -2.05. The predicted octanol–water partition coefficient (Wildman–Crippen LogP) is 3.45. The first kappa shape index (κ1) is 15.1. The Morgan fingerprint density at radius 1 is 1.27 bits per heavy atom. The van der Waals surface area contributed by atoms with Crippen molar-refractivity contribution in [1.29, 1.82) is 0 Å². The summed E-state index contributed by atoms with van der Waals surface area (Å²) >= 11 is 2.53. The number of nitrogens with zero attached hydrogens (tertiary/aromatic N) is 4. The zero-order chi connectivity index (χ0) is 15.6. The zero-order valence-electron chi connectivity index (χ0n) is 11.0. The monoisotopic (exact) mass is 345 g/mol. The van der Waals surface area contributed by atoms with Crippen LogP contribution in [0.15, 0.2) is 34.9 Å². The molecule has 5 nitrogen and oxygen atoms in total. The van der Waals surface area contributed by atoms with Crippen molar-refractivity contribution in [3.8, 4) is 0 Å². The third kappa shape index (κ3) is 3.69. The largest absolute Gasteiger partial charge is 0.405 e. The summed E-state index contributed by atoms with van der Waals surface area (Å²) in [5.74, 6) is 0.627. The third-order valence-corrected chi connectivity index (χ3v) is 4.75. The van der Waals surface area contributed by atoms with E-state index in [1.165, 1.54) is 11.8 Å². The SMILES string of the molecule is FC(F)(F)CNc1nnc(SCc2cccc3nccn23)s1. The van der Waals surface area contributed by atoms with Crippen LogP contribution in [0.4, 0.5) is 18.3 Å². The van der Waals surface area contributed by atoms with E-state index in [0.29, 0.717) is 10.1 Å². The normalized spacial score (nSPS) is 12.0. The first-order valence-corrected chi connectivity index (χ1v) is 7.99. The molecule has 0 fully saturated rings. The summed E-state index contributed by atoms with van der Waals surface area (Å²) in [7, 11) is 0. The average molecular weight is 345 g/mol. The van der Waals surface area contributed by atoms with Gasteiger partial charge in [0.2, 0.25) is 5.13 Å². The van der Waals surface area contributed by atoms with E-state index in [9.17, 15) is 13.2 Å². The molecular weight excluding hydrogens is 335 g/mol. The first-order valence-electron chi connectivity index (χ1n) is 6.19. The molecule has 22 heavy (non-hydrogen) atoms. The number of alkyl halides is 3. The second kappa shape index (κ2) is 6.13. The highest BCUT2D eigenvalue weighted by Crippen LogP contribution is 2.29. The Kier molecular flexibility index (Phi) is 4.21. The van der Waals surface area contributed by atoms with Crippen molar-refractivity contribution >= 4 is 33.9 Å².